The van der Waals surface area contributed by atoms with Crippen LogP contribution in [0.5, 0.6) is 0 Å². The number of hydrogen-bond donors (Lipinski definition) is 0. The molecule has 152 valence electrons. The number of phosphoric ester groups is 1. The average Bonchev–Trinajstić information content (AvgIpc) is 3.04. The normalized spacial score (nSPS) is 39.1. The predicted octanol–water partition coefficient (Wildman–Crippen LogP) is -0.511. The maximum Gasteiger partial charge on any atom is 0.268 e. The summed E-state index contributed by atoms with van der Waals surface area (Å²) in [6.45, 7) is 3.93. The van der Waals surface area contributed by atoms with Crippen LogP contribution in [0.4, 0.5) is 0 Å². The lowest BCUT2D eigenvalue weighted by molar-refractivity contribution is -0.240. The highest BCUT2D eigenvalue weighted by molar-refractivity contribution is 7.45. The number of ether oxygens (including phenoxy) is 5. The van der Waals surface area contributed by atoms with Gasteiger partial charge in [-0.05, 0) is 20.3 Å². The first-order valence-electron chi connectivity index (χ1n) is 8.80. The van der Waals surface area contributed by atoms with Gasteiger partial charge in [-0.2, -0.15) is 0 Å². The van der Waals surface area contributed by atoms with Gasteiger partial charge in [-0.15, -0.1) is 0 Å². The summed E-state index contributed by atoms with van der Waals surface area (Å²) in [5.41, 5.74) is 0. The van der Waals surface area contributed by atoms with E-state index in [9.17, 15) is 9.46 Å². The van der Waals surface area contributed by atoms with E-state index in [2.05, 4.69) is 0 Å². The van der Waals surface area contributed by atoms with Crippen molar-refractivity contribution >= 4 is 23.5 Å². The molecule has 0 aromatic carbocycles. The van der Waals surface area contributed by atoms with Gasteiger partial charge in [0.15, 0.2) is 0 Å². The van der Waals surface area contributed by atoms with Crippen molar-refractivity contribution in [1.82, 2.24) is 0 Å². The van der Waals surface area contributed by atoms with E-state index >= 15 is 0 Å². The fourth-order valence-electron chi connectivity index (χ4n) is 3.08. The second-order valence-electron chi connectivity index (χ2n) is 6.79. The molecule has 0 aromatic rings. The Kier molecular flexibility index (Phi) is 8.80. The van der Waals surface area contributed by atoms with Crippen molar-refractivity contribution in [3.05, 3.63) is 0 Å². The van der Waals surface area contributed by atoms with Gasteiger partial charge in [0.2, 0.25) is 0 Å². The van der Waals surface area contributed by atoms with Gasteiger partial charge >= 0.3 is 0 Å². The summed E-state index contributed by atoms with van der Waals surface area (Å²) in [7, 11) is 9.70. The second kappa shape index (κ2) is 10.2. The molecule has 27 heavy (non-hydrogen) atoms. The lowest BCUT2D eigenvalue weighted by Crippen LogP contribution is -2.40. The first kappa shape index (κ1) is 23.3. The molecule has 2 aliphatic rings. The van der Waals surface area contributed by atoms with E-state index in [1.54, 1.807) is 0 Å². The monoisotopic (exact) mass is 403 g/mol. The Bertz CT molecular complexity index is 512. The maximum absolute atomic E-state index is 12.5. The minimum absolute atomic E-state index is 0.0747. The van der Waals surface area contributed by atoms with Crippen LogP contribution >= 0.6 is 7.82 Å². The minimum atomic E-state index is -4.75. The van der Waals surface area contributed by atoms with Crippen molar-refractivity contribution in [3.63, 3.8) is 0 Å². The van der Waals surface area contributed by atoms with Crippen LogP contribution in [-0.4, -0.2) is 91.8 Å². The van der Waals surface area contributed by atoms with E-state index in [0.717, 1.165) is 0 Å². The van der Waals surface area contributed by atoms with Crippen LogP contribution in [0.3, 0.4) is 0 Å². The fraction of sp³-hybridized carbons (Fsp3) is 1.00. The summed E-state index contributed by atoms with van der Waals surface area (Å²) in [6.07, 6.45) is -3.85. The fourth-order valence-corrected chi connectivity index (χ4v) is 4.24. The number of phosphoric acid groups is 1. The molecule has 2 aliphatic heterocycles. The molecule has 0 bridgehead atoms. The molecule has 0 amide bonds. The van der Waals surface area contributed by atoms with E-state index in [0.29, 0.717) is 0 Å². The van der Waals surface area contributed by atoms with Gasteiger partial charge in [0, 0.05) is 26.2 Å². The smallest absolute Gasteiger partial charge is 0.268 e. The molecule has 0 aliphatic carbocycles. The molecule has 0 N–H and O–H groups in total. The lowest BCUT2D eigenvalue weighted by atomic mass is 9.93. The van der Waals surface area contributed by atoms with Crippen molar-refractivity contribution in [3.8, 4) is 0 Å². The molecule has 2 fully saturated rings. The molecular formula is C15H26B2O9P-. The highest BCUT2D eigenvalue weighted by Gasteiger charge is 2.46. The second-order valence-corrected chi connectivity index (χ2v) is 8.10. The van der Waals surface area contributed by atoms with E-state index in [1.807, 2.05) is 13.8 Å². The summed E-state index contributed by atoms with van der Waals surface area (Å²) < 4.78 is 49.7. The molecule has 7 unspecified atom stereocenters. The molecule has 2 saturated heterocycles. The molecule has 0 aromatic heterocycles. The summed E-state index contributed by atoms with van der Waals surface area (Å²) in [5.74, 6) is 0. The zero-order chi connectivity index (χ0) is 20.2. The van der Waals surface area contributed by atoms with Crippen LogP contribution in [0.2, 0.25) is 0 Å². The average molecular weight is 403 g/mol. The van der Waals surface area contributed by atoms with E-state index in [-0.39, 0.29) is 25.7 Å². The summed E-state index contributed by atoms with van der Waals surface area (Å²) >= 11 is 0. The Morgan fingerprint density at radius 1 is 1.11 bits per heavy atom. The molecule has 12 heteroatoms. The molecule has 9 nitrogen and oxygen atoms in total. The van der Waals surface area contributed by atoms with Gasteiger partial charge in [0.25, 0.3) is 7.82 Å². The van der Waals surface area contributed by atoms with Crippen LogP contribution in [0, 0.1) is 0 Å². The Morgan fingerprint density at radius 2 is 1.81 bits per heavy atom. The van der Waals surface area contributed by atoms with E-state index < -0.39 is 50.3 Å². The first-order valence-corrected chi connectivity index (χ1v) is 10.3. The van der Waals surface area contributed by atoms with Gasteiger partial charge in [-0.1, -0.05) is 0 Å². The Balaban J connectivity index is 2.04. The van der Waals surface area contributed by atoms with E-state index in [1.165, 1.54) is 14.2 Å². The van der Waals surface area contributed by atoms with Crippen LogP contribution in [0.25, 0.3) is 0 Å². The van der Waals surface area contributed by atoms with Gasteiger partial charge in [0.05, 0.1) is 25.4 Å². The van der Waals surface area contributed by atoms with Gasteiger partial charge in [0.1, 0.15) is 40.1 Å². The lowest BCUT2D eigenvalue weighted by Gasteiger charge is -2.33. The first-order chi connectivity index (χ1) is 12.7. The van der Waals surface area contributed by atoms with Gasteiger partial charge in [-0.25, -0.2) is 0 Å². The maximum atomic E-state index is 12.5. The summed E-state index contributed by atoms with van der Waals surface area (Å²) in [6, 6.07) is -1.50. The molecular weight excluding hydrogens is 377 g/mol. The van der Waals surface area contributed by atoms with Crippen molar-refractivity contribution in [1.29, 1.82) is 0 Å². The van der Waals surface area contributed by atoms with Crippen molar-refractivity contribution in [2.45, 2.75) is 68.9 Å². The third kappa shape index (κ3) is 6.52. The Labute approximate surface area is 162 Å². The summed E-state index contributed by atoms with van der Waals surface area (Å²) in [5, 5.41) is 0. The third-order valence-corrected chi connectivity index (χ3v) is 5.32. The topological polar surface area (TPSA) is 105 Å². The van der Waals surface area contributed by atoms with Crippen molar-refractivity contribution in [2.24, 2.45) is 0 Å². The summed E-state index contributed by atoms with van der Waals surface area (Å²) in [4.78, 5) is 12.5. The molecule has 0 saturated carbocycles. The largest absolute Gasteiger partial charge is 0.756 e. The van der Waals surface area contributed by atoms with Crippen molar-refractivity contribution in [2.75, 3.05) is 27.4 Å². The van der Waals surface area contributed by atoms with Gasteiger partial charge < -0.3 is 37.6 Å². The minimum Gasteiger partial charge on any atom is -0.756 e. The van der Waals surface area contributed by atoms with Gasteiger partial charge in [-0.3, -0.25) is 4.57 Å². The Hall–Kier alpha value is 0.0399. The zero-order valence-corrected chi connectivity index (χ0v) is 16.9. The van der Waals surface area contributed by atoms with Crippen molar-refractivity contribution < 1.29 is 42.2 Å². The van der Waals surface area contributed by atoms with Crippen LogP contribution in [0.15, 0.2) is 0 Å². The van der Waals surface area contributed by atoms with E-state index in [4.69, 9.17) is 48.4 Å². The molecule has 0 spiro atoms. The molecule has 4 radical (unpaired) electrons. The SMILES string of the molecule is [B]C1CC(OP(=O)([O-])OC2C(COC(C)C)OC([B])[C@@H]2OC)C(COC)O1. The zero-order valence-electron chi connectivity index (χ0n) is 16.0. The van der Waals surface area contributed by atoms with Crippen LogP contribution in [-0.2, 0) is 37.3 Å². The third-order valence-electron chi connectivity index (χ3n) is 4.29. The Morgan fingerprint density at radius 3 is 2.41 bits per heavy atom. The predicted molar refractivity (Wildman–Crippen MR) is 94.6 cm³/mol. The quantitative estimate of drug-likeness (QED) is 0.352. The highest BCUT2D eigenvalue weighted by atomic mass is 31.2. The standard InChI is InChI=1S/C15H27B2O9P/c1-8(2)22-7-11-13(14(21-4)15(17)24-11)26-27(18,19)25-9-5-12(16)23-10(9)6-20-3/h8-15H,5-7H2,1-4H3,(H,18,19)/p-1/t9?,10?,11?,12?,13?,14-,15?/m1/s1. The number of methoxy groups -OCH3 is 2. The number of rotatable bonds is 10. The van der Waals surface area contributed by atoms with Crippen LogP contribution in [0.1, 0.15) is 20.3 Å². The molecule has 8 atom stereocenters. The molecule has 2 heterocycles. The van der Waals surface area contributed by atoms with Crippen LogP contribution < -0.4 is 4.89 Å². The number of hydrogen-bond acceptors (Lipinski definition) is 9. The highest BCUT2D eigenvalue weighted by Crippen LogP contribution is 2.47. The molecule has 2 rings (SSSR count).